The molecule has 2 atom stereocenters. The first-order chi connectivity index (χ1) is 14.1. The lowest BCUT2D eigenvalue weighted by Crippen LogP contribution is -2.44. The number of piperidine rings is 1. The van der Waals surface area contributed by atoms with E-state index in [1.165, 1.54) is 0 Å². The van der Waals surface area contributed by atoms with Crippen molar-refractivity contribution in [3.05, 3.63) is 35.9 Å². The molecule has 2 amide bonds. The van der Waals surface area contributed by atoms with Crippen molar-refractivity contribution in [2.45, 2.75) is 65.1 Å². The van der Waals surface area contributed by atoms with Gasteiger partial charge in [0.05, 0.1) is 5.92 Å². The van der Waals surface area contributed by atoms with Crippen LogP contribution in [0.1, 0.15) is 58.9 Å². The van der Waals surface area contributed by atoms with Crippen molar-refractivity contribution in [2.75, 3.05) is 19.6 Å². The average Bonchev–Trinajstić information content (AvgIpc) is 2.71. The van der Waals surface area contributed by atoms with Gasteiger partial charge in [-0.25, -0.2) is 4.79 Å². The van der Waals surface area contributed by atoms with E-state index in [1.54, 1.807) is 11.8 Å². The highest BCUT2D eigenvalue weighted by Crippen LogP contribution is 2.21. The van der Waals surface area contributed by atoms with E-state index in [9.17, 15) is 14.4 Å². The Labute approximate surface area is 179 Å². The number of rotatable bonds is 6. The minimum absolute atomic E-state index is 0.162. The van der Waals surface area contributed by atoms with Gasteiger partial charge >= 0.3 is 12.1 Å². The molecule has 1 aliphatic heterocycles. The minimum Gasteiger partial charge on any atom is -0.452 e. The summed E-state index contributed by atoms with van der Waals surface area (Å²) in [6, 6.07) is 9.92. The highest BCUT2D eigenvalue weighted by Gasteiger charge is 2.32. The van der Waals surface area contributed by atoms with Crippen LogP contribution < -0.4 is 5.32 Å². The Kier molecular flexibility index (Phi) is 8.26. The summed E-state index contributed by atoms with van der Waals surface area (Å²) in [5.41, 5.74) is 0.590. The van der Waals surface area contributed by atoms with E-state index in [2.05, 4.69) is 5.32 Å². The first-order valence-corrected chi connectivity index (χ1v) is 10.6. The summed E-state index contributed by atoms with van der Waals surface area (Å²) in [6.45, 7) is 10.4. The molecule has 0 unspecified atom stereocenters. The van der Waals surface area contributed by atoms with Crippen molar-refractivity contribution in [1.82, 2.24) is 10.2 Å². The maximum absolute atomic E-state index is 12.4. The minimum atomic E-state index is -0.857. The monoisotopic (exact) mass is 418 g/mol. The van der Waals surface area contributed by atoms with Gasteiger partial charge in [0.1, 0.15) is 5.60 Å². The lowest BCUT2D eigenvalue weighted by atomic mass is 9.97. The van der Waals surface area contributed by atoms with E-state index in [4.69, 9.17) is 9.47 Å². The molecule has 0 aliphatic carbocycles. The molecule has 1 aliphatic rings. The van der Waals surface area contributed by atoms with Crippen molar-refractivity contribution in [2.24, 2.45) is 5.92 Å². The second kappa shape index (κ2) is 10.5. The molecule has 7 heteroatoms. The number of hydrogen-bond acceptors (Lipinski definition) is 5. The fourth-order valence-electron chi connectivity index (χ4n) is 3.25. The zero-order valence-electron chi connectivity index (χ0n) is 18.6. The summed E-state index contributed by atoms with van der Waals surface area (Å²) in [4.78, 5) is 38.5. The van der Waals surface area contributed by atoms with E-state index in [1.807, 2.05) is 58.0 Å². The standard InChI is InChI=1S/C23H34N2O5/c1-16(18-9-7-6-8-10-18)15-24-20(26)17(2)29-21(27)19-11-13-25(14-12-19)22(28)30-23(3,4)5/h6-10,16-17,19H,11-15H2,1-5H3,(H,24,26)/t16-,17+/m0/s1. The Morgan fingerprint density at radius 1 is 1.10 bits per heavy atom. The summed E-state index contributed by atoms with van der Waals surface area (Å²) >= 11 is 0. The molecule has 2 rings (SSSR count). The van der Waals surface area contributed by atoms with Gasteiger partial charge in [-0.2, -0.15) is 0 Å². The summed E-state index contributed by atoms with van der Waals surface area (Å²) in [7, 11) is 0. The Morgan fingerprint density at radius 3 is 2.27 bits per heavy atom. The molecule has 0 radical (unpaired) electrons. The number of likely N-dealkylation sites (tertiary alicyclic amines) is 1. The number of hydrogen-bond donors (Lipinski definition) is 1. The van der Waals surface area contributed by atoms with E-state index in [-0.39, 0.29) is 23.8 Å². The second-order valence-corrected chi connectivity index (χ2v) is 8.88. The van der Waals surface area contributed by atoms with Crippen molar-refractivity contribution in [3.8, 4) is 0 Å². The van der Waals surface area contributed by atoms with Gasteiger partial charge in [-0.15, -0.1) is 0 Å². The first-order valence-electron chi connectivity index (χ1n) is 10.6. The van der Waals surface area contributed by atoms with E-state index >= 15 is 0 Å². The molecule has 0 bridgehead atoms. The third kappa shape index (κ3) is 7.35. The second-order valence-electron chi connectivity index (χ2n) is 8.88. The topological polar surface area (TPSA) is 84.9 Å². The van der Waals surface area contributed by atoms with Gasteiger partial charge in [0.25, 0.3) is 5.91 Å². The van der Waals surface area contributed by atoms with Crippen molar-refractivity contribution < 1.29 is 23.9 Å². The van der Waals surface area contributed by atoms with Gasteiger partial charge in [-0.3, -0.25) is 9.59 Å². The SMILES string of the molecule is C[C@@H](OC(=O)C1CCN(C(=O)OC(C)(C)C)CC1)C(=O)NC[C@H](C)c1ccccc1. The fourth-order valence-corrected chi connectivity index (χ4v) is 3.25. The Morgan fingerprint density at radius 2 is 1.70 bits per heavy atom. The third-order valence-corrected chi connectivity index (χ3v) is 5.09. The molecule has 0 spiro atoms. The maximum Gasteiger partial charge on any atom is 0.410 e. The zero-order chi connectivity index (χ0) is 22.3. The van der Waals surface area contributed by atoms with Crippen molar-refractivity contribution in [1.29, 1.82) is 0 Å². The van der Waals surface area contributed by atoms with Crippen LogP contribution in [0.2, 0.25) is 0 Å². The molecule has 0 saturated carbocycles. The number of carbonyl (C=O) groups is 3. The first kappa shape index (κ1) is 23.7. The Hall–Kier alpha value is -2.57. The molecule has 1 heterocycles. The third-order valence-electron chi connectivity index (χ3n) is 5.09. The molecular weight excluding hydrogens is 384 g/mol. The smallest absolute Gasteiger partial charge is 0.410 e. The van der Waals surface area contributed by atoms with Crippen LogP contribution in [0.5, 0.6) is 0 Å². The average molecular weight is 419 g/mol. The summed E-state index contributed by atoms with van der Waals surface area (Å²) in [6.07, 6.45) is -0.228. The van der Waals surface area contributed by atoms with E-state index in [0.29, 0.717) is 32.5 Å². The van der Waals surface area contributed by atoms with Crippen molar-refractivity contribution >= 4 is 18.0 Å². The molecular formula is C23H34N2O5. The van der Waals surface area contributed by atoms with E-state index < -0.39 is 17.7 Å². The predicted molar refractivity (Wildman–Crippen MR) is 114 cm³/mol. The van der Waals surface area contributed by atoms with Gasteiger partial charge < -0.3 is 19.7 Å². The number of carbonyl (C=O) groups excluding carboxylic acids is 3. The van der Waals surface area contributed by atoms with Crippen LogP contribution in [0.25, 0.3) is 0 Å². The number of benzene rings is 1. The number of esters is 1. The quantitative estimate of drug-likeness (QED) is 0.715. The largest absolute Gasteiger partial charge is 0.452 e. The molecule has 1 aromatic carbocycles. The van der Waals surface area contributed by atoms with Crippen LogP contribution in [0.4, 0.5) is 4.79 Å². The molecule has 1 N–H and O–H groups in total. The van der Waals surface area contributed by atoms with Gasteiger partial charge in [0.2, 0.25) is 0 Å². The Balaban J connectivity index is 1.74. The molecule has 166 valence electrons. The summed E-state index contributed by atoms with van der Waals surface area (Å²) in [5, 5.41) is 2.85. The number of amides is 2. The summed E-state index contributed by atoms with van der Waals surface area (Å²) < 4.78 is 10.7. The molecule has 7 nitrogen and oxygen atoms in total. The number of nitrogens with one attached hydrogen (secondary N) is 1. The van der Waals surface area contributed by atoms with Gasteiger partial charge in [0.15, 0.2) is 6.10 Å². The molecule has 1 fully saturated rings. The van der Waals surface area contributed by atoms with Gasteiger partial charge in [0, 0.05) is 19.6 Å². The molecule has 30 heavy (non-hydrogen) atoms. The highest BCUT2D eigenvalue weighted by molar-refractivity contribution is 5.84. The fraction of sp³-hybridized carbons (Fsp3) is 0.609. The lowest BCUT2D eigenvalue weighted by Gasteiger charge is -2.32. The number of ether oxygens (including phenoxy) is 2. The van der Waals surface area contributed by atoms with Crippen LogP contribution in [-0.2, 0) is 19.1 Å². The lowest BCUT2D eigenvalue weighted by molar-refractivity contribution is -0.160. The number of nitrogens with zero attached hydrogens (tertiary/aromatic N) is 1. The predicted octanol–water partition coefficient (Wildman–Crippen LogP) is 3.49. The van der Waals surface area contributed by atoms with Crippen LogP contribution in [0.15, 0.2) is 30.3 Å². The summed E-state index contributed by atoms with van der Waals surface area (Å²) in [5.74, 6) is -0.854. The van der Waals surface area contributed by atoms with Gasteiger partial charge in [-0.1, -0.05) is 37.3 Å². The van der Waals surface area contributed by atoms with Crippen LogP contribution in [0, 0.1) is 5.92 Å². The zero-order valence-corrected chi connectivity index (χ0v) is 18.6. The van der Waals surface area contributed by atoms with Crippen LogP contribution in [0.3, 0.4) is 0 Å². The Bertz CT molecular complexity index is 721. The molecule has 1 aromatic rings. The maximum atomic E-state index is 12.4. The molecule has 0 aromatic heterocycles. The van der Waals surface area contributed by atoms with Crippen LogP contribution >= 0.6 is 0 Å². The van der Waals surface area contributed by atoms with Gasteiger partial charge in [-0.05, 0) is 52.0 Å². The van der Waals surface area contributed by atoms with Crippen molar-refractivity contribution in [3.63, 3.8) is 0 Å². The van der Waals surface area contributed by atoms with E-state index in [0.717, 1.165) is 5.56 Å². The van der Waals surface area contributed by atoms with Crippen LogP contribution in [-0.4, -0.2) is 54.2 Å². The highest BCUT2D eigenvalue weighted by atomic mass is 16.6. The normalized spacial score (nSPS) is 17.0. The molecule has 1 saturated heterocycles.